The Balaban J connectivity index is 2.05. The maximum Gasteiger partial charge on any atom is 0.248 e. The zero-order chi connectivity index (χ0) is 16.8. The van der Waals surface area contributed by atoms with Crippen molar-refractivity contribution in [1.82, 2.24) is 0 Å². The molecule has 0 unspecified atom stereocenters. The van der Waals surface area contributed by atoms with Crippen molar-refractivity contribution in [2.24, 2.45) is 5.73 Å². The van der Waals surface area contributed by atoms with Gasteiger partial charge in [-0.25, -0.2) is 0 Å². The predicted octanol–water partition coefficient (Wildman–Crippen LogP) is 2.24. The van der Waals surface area contributed by atoms with Crippen molar-refractivity contribution in [2.45, 2.75) is 13.5 Å². The predicted molar refractivity (Wildman–Crippen MR) is 89.7 cm³/mol. The van der Waals surface area contributed by atoms with Gasteiger partial charge in [-0.15, -0.1) is 0 Å². The first-order chi connectivity index (χ1) is 11.0. The maximum atomic E-state index is 12.0. The van der Waals surface area contributed by atoms with Crippen LogP contribution in [-0.2, 0) is 11.4 Å². The molecule has 0 heterocycles. The Morgan fingerprint density at radius 2 is 1.87 bits per heavy atom. The van der Waals surface area contributed by atoms with Crippen LogP contribution in [0.5, 0.6) is 0 Å². The van der Waals surface area contributed by atoms with Crippen LogP contribution in [0, 0.1) is 6.92 Å². The van der Waals surface area contributed by atoms with Crippen LogP contribution in [0.25, 0.3) is 6.08 Å². The molecule has 0 aliphatic heterocycles. The Hall–Kier alpha value is -2.92. The minimum absolute atomic E-state index is 0.0782. The van der Waals surface area contributed by atoms with Gasteiger partial charge in [0.15, 0.2) is 0 Å². The first-order valence-electron chi connectivity index (χ1n) is 7.09. The molecule has 4 N–H and O–H groups in total. The molecular formula is C18H18N2O3. The number of aliphatic hydroxyl groups excluding tert-OH is 1. The van der Waals surface area contributed by atoms with E-state index in [1.807, 2.05) is 13.0 Å². The lowest BCUT2D eigenvalue weighted by Crippen LogP contribution is -2.10. The van der Waals surface area contributed by atoms with E-state index >= 15 is 0 Å². The maximum absolute atomic E-state index is 12.0. The molecule has 0 spiro atoms. The summed E-state index contributed by atoms with van der Waals surface area (Å²) in [6, 6.07) is 12.0. The van der Waals surface area contributed by atoms with E-state index in [-0.39, 0.29) is 12.5 Å². The topological polar surface area (TPSA) is 92.4 Å². The van der Waals surface area contributed by atoms with E-state index in [9.17, 15) is 9.59 Å². The van der Waals surface area contributed by atoms with Crippen LogP contribution in [-0.4, -0.2) is 16.9 Å². The van der Waals surface area contributed by atoms with Gasteiger partial charge in [0.25, 0.3) is 0 Å². The van der Waals surface area contributed by atoms with Crippen LogP contribution in [0.15, 0.2) is 48.5 Å². The summed E-state index contributed by atoms with van der Waals surface area (Å²) < 4.78 is 0. The van der Waals surface area contributed by atoms with E-state index in [1.165, 1.54) is 6.08 Å². The molecule has 0 radical (unpaired) electrons. The number of primary amides is 1. The van der Waals surface area contributed by atoms with E-state index in [4.69, 9.17) is 10.8 Å². The van der Waals surface area contributed by atoms with E-state index in [1.54, 1.807) is 42.5 Å². The number of aliphatic hydroxyl groups is 1. The molecule has 2 rings (SSSR count). The third-order valence-corrected chi connectivity index (χ3v) is 3.36. The van der Waals surface area contributed by atoms with Crippen molar-refractivity contribution in [3.05, 3.63) is 70.8 Å². The molecule has 5 heteroatoms. The first-order valence-corrected chi connectivity index (χ1v) is 7.09. The van der Waals surface area contributed by atoms with E-state index in [0.29, 0.717) is 11.3 Å². The number of hydrogen-bond donors (Lipinski definition) is 3. The van der Waals surface area contributed by atoms with Gasteiger partial charge in [0.1, 0.15) is 0 Å². The van der Waals surface area contributed by atoms with Crippen molar-refractivity contribution >= 4 is 23.6 Å². The Kier molecular flexibility index (Phi) is 5.28. The van der Waals surface area contributed by atoms with Gasteiger partial charge in [-0.1, -0.05) is 24.3 Å². The molecule has 2 amide bonds. The molecular weight excluding hydrogens is 292 g/mol. The molecule has 2 aromatic carbocycles. The van der Waals surface area contributed by atoms with Crippen molar-refractivity contribution in [3.63, 3.8) is 0 Å². The number of benzene rings is 2. The Morgan fingerprint density at radius 1 is 1.17 bits per heavy atom. The summed E-state index contributed by atoms with van der Waals surface area (Å²) in [7, 11) is 0. The number of amides is 2. The zero-order valence-electron chi connectivity index (χ0n) is 12.7. The lowest BCUT2D eigenvalue weighted by Gasteiger charge is -2.08. The van der Waals surface area contributed by atoms with Crippen molar-refractivity contribution < 1.29 is 14.7 Å². The summed E-state index contributed by atoms with van der Waals surface area (Å²) in [4.78, 5) is 23.0. The fourth-order valence-corrected chi connectivity index (χ4v) is 2.01. The standard InChI is InChI=1S/C18H18N2O3/c1-12-2-3-14(11-21)10-16(12)20-17(22)9-6-13-4-7-15(8-5-13)18(19)23/h2-10,21H,11H2,1H3,(H2,19,23)(H,20,22)/b9-6+. The summed E-state index contributed by atoms with van der Waals surface area (Å²) >= 11 is 0. The van der Waals surface area contributed by atoms with Gasteiger partial charge in [-0.2, -0.15) is 0 Å². The minimum atomic E-state index is -0.488. The average Bonchev–Trinajstić information content (AvgIpc) is 2.55. The van der Waals surface area contributed by atoms with E-state index in [2.05, 4.69) is 5.32 Å². The van der Waals surface area contributed by atoms with Gasteiger partial charge >= 0.3 is 0 Å². The molecule has 118 valence electrons. The summed E-state index contributed by atoms with van der Waals surface area (Å²) in [6.45, 7) is 1.80. The lowest BCUT2D eigenvalue weighted by molar-refractivity contribution is -0.111. The fraction of sp³-hybridized carbons (Fsp3) is 0.111. The van der Waals surface area contributed by atoms with Crippen molar-refractivity contribution in [2.75, 3.05) is 5.32 Å². The highest BCUT2D eigenvalue weighted by Gasteiger charge is 2.03. The van der Waals surface area contributed by atoms with Crippen LogP contribution >= 0.6 is 0 Å². The zero-order valence-corrected chi connectivity index (χ0v) is 12.7. The molecule has 2 aromatic rings. The first kappa shape index (κ1) is 16.5. The minimum Gasteiger partial charge on any atom is -0.392 e. The van der Waals surface area contributed by atoms with Crippen LogP contribution < -0.4 is 11.1 Å². The normalized spacial score (nSPS) is 10.7. The molecule has 0 atom stereocenters. The van der Waals surface area contributed by atoms with E-state index in [0.717, 1.165) is 16.7 Å². The summed E-state index contributed by atoms with van der Waals surface area (Å²) in [5, 5.41) is 11.9. The van der Waals surface area contributed by atoms with Crippen molar-refractivity contribution in [1.29, 1.82) is 0 Å². The largest absolute Gasteiger partial charge is 0.392 e. The number of anilines is 1. The van der Waals surface area contributed by atoms with Gasteiger partial charge in [-0.05, 0) is 47.9 Å². The highest BCUT2D eigenvalue weighted by Crippen LogP contribution is 2.17. The van der Waals surface area contributed by atoms with Gasteiger partial charge in [-0.3, -0.25) is 9.59 Å². The third-order valence-electron chi connectivity index (χ3n) is 3.36. The van der Waals surface area contributed by atoms with Crippen LogP contribution in [0.1, 0.15) is 27.0 Å². The summed E-state index contributed by atoms with van der Waals surface area (Å²) in [5.74, 6) is -0.764. The van der Waals surface area contributed by atoms with Gasteiger partial charge in [0.05, 0.1) is 6.61 Å². The molecule has 0 bridgehead atoms. The summed E-state index contributed by atoms with van der Waals surface area (Å²) in [5.41, 5.74) is 8.68. The molecule has 0 aliphatic rings. The molecule has 5 nitrogen and oxygen atoms in total. The smallest absolute Gasteiger partial charge is 0.248 e. The number of carbonyl (C=O) groups excluding carboxylic acids is 2. The van der Waals surface area contributed by atoms with Crippen LogP contribution in [0.2, 0.25) is 0 Å². The SMILES string of the molecule is Cc1ccc(CO)cc1NC(=O)/C=C/c1ccc(C(N)=O)cc1. The monoisotopic (exact) mass is 310 g/mol. The molecule has 23 heavy (non-hydrogen) atoms. The molecule has 0 saturated heterocycles. The van der Waals surface area contributed by atoms with Gasteiger partial charge < -0.3 is 16.2 Å². The Bertz CT molecular complexity index is 749. The number of carbonyl (C=O) groups is 2. The highest BCUT2D eigenvalue weighted by molar-refractivity contribution is 6.02. The number of nitrogens with one attached hydrogen (secondary N) is 1. The molecule has 0 fully saturated rings. The number of hydrogen-bond acceptors (Lipinski definition) is 3. The lowest BCUT2D eigenvalue weighted by atomic mass is 10.1. The average molecular weight is 310 g/mol. The molecule has 0 aromatic heterocycles. The number of rotatable bonds is 5. The fourth-order valence-electron chi connectivity index (χ4n) is 2.01. The number of aryl methyl sites for hydroxylation is 1. The van der Waals surface area contributed by atoms with Crippen LogP contribution in [0.4, 0.5) is 5.69 Å². The van der Waals surface area contributed by atoms with Crippen LogP contribution in [0.3, 0.4) is 0 Å². The molecule has 0 aliphatic carbocycles. The molecule has 0 saturated carbocycles. The van der Waals surface area contributed by atoms with Crippen molar-refractivity contribution in [3.8, 4) is 0 Å². The third kappa shape index (κ3) is 4.52. The number of nitrogens with two attached hydrogens (primary N) is 1. The quantitative estimate of drug-likeness (QED) is 0.739. The second-order valence-electron chi connectivity index (χ2n) is 5.12. The second kappa shape index (κ2) is 7.38. The Morgan fingerprint density at radius 3 is 2.48 bits per heavy atom. The summed E-state index contributed by atoms with van der Waals surface area (Å²) in [6.07, 6.45) is 3.05. The van der Waals surface area contributed by atoms with E-state index < -0.39 is 5.91 Å². The van der Waals surface area contributed by atoms with Gasteiger partial charge in [0, 0.05) is 17.3 Å². The van der Waals surface area contributed by atoms with Gasteiger partial charge in [0.2, 0.25) is 11.8 Å². The second-order valence-corrected chi connectivity index (χ2v) is 5.12. The Labute approximate surface area is 134 Å². The highest BCUT2D eigenvalue weighted by atomic mass is 16.3.